The van der Waals surface area contributed by atoms with Crippen molar-refractivity contribution in [1.29, 1.82) is 0 Å². The van der Waals surface area contributed by atoms with E-state index in [2.05, 4.69) is 10.5 Å². The van der Waals surface area contributed by atoms with Gasteiger partial charge in [0.2, 0.25) is 5.96 Å². The highest BCUT2D eigenvalue weighted by Gasteiger charge is 2.52. The normalized spacial score (nSPS) is 19.7. The van der Waals surface area contributed by atoms with Crippen molar-refractivity contribution in [3.8, 4) is 0 Å². The summed E-state index contributed by atoms with van der Waals surface area (Å²) in [5.41, 5.74) is 6.59. The number of hydrazone groups is 1. The molecule has 37 heavy (non-hydrogen) atoms. The number of carbonyl (C=O) groups is 2. The van der Waals surface area contributed by atoms with Crippen LogP contribution in [-0.4, -0.2) is 57.6 Å². The first-order valence-corrected chi connectivity index (χ1v) is 12.4. The number of fused-ring (bicyclic) bond motifs is 1. The fourth-order valence-electron chi connectivity index (χ4n) is 4.53. The second-order valence-corrected chi connectivity index (χ2v) is 9.48. The summed E-state index contributed by atoms with van der Waals surface area (Å²) in [6, 6.07) is 25.7. The summed E-state index contributed by atoms with van der Waals surface area (Å²) >= 11 is 6.02. The molecule has 0 aromatic heterocycles. The molecule has 3 aromatic carbocycles. The van der Waals surface area contributed by atoms with E-state index < -0.39 is 12.2 Å². The van der Waals surface area contributed by atoms with Crippen LogP contribution in [0.15, 0.2) is 95.0 Å². The zero-order valence-electron chi connectivity index (χ0n) is 20.6. The molecular formula is C28H27ClN6O2. The number of hydrogen-bond acceptors (Lipinski definition) is 6. The van der Waals surface area contributed by atoms with Gasteiger partial charge in [0.15, 0.2) is 12.2 Å². The Hall–Kier alpha value is -4.17. The SMILES string of the molecule is C/C(=N\NC1=NC2C(C(=O)N(Cc3ccccc3)C(=O)N2C)N1Cc1ccccc1)c1ccc(Cl)cc1. The molecule has 0 bridgehead atoms. The van der Waals surface area contributed by atoms with Crippen LogP contribution in [0.2, 0.25) is 5.02 Å². The zero-order chi connectivity index (χ0) is 25.9. The second-order valence-electron chi connectivity index (χ2n) is 9.04. The van der Waals surface area contributed by atoms with Crippen LogP contribution in [0.25, 0.3) is 0 Å². The Kier molecular flexibility index (Phi) is 6.92. The maximum absolute atomic E-state index is 13.8. The van der Waals surface area contributed by atoms with Gasteiger partial charge < -0.3 is 9.80 Å². The number of hydrogen-bond donors (Lipinski definition) is 1. The molecule has 0 aliphatic carbocycles. The smallest absolute Gasteiger partial charge is 0.321 e. The van der Waals surface area contributed by atoms with Gasteiger partial charge in [-0.05, 0) is 35.7 Å². The predicted octanol–water partition coefficient (Wildman–Crippen LogP) is 4.31. The van der Waals surface area contributed by atoms with E-state index in [0.717, 1.165) is 22.4 Å². The highest BCUT2D eigenvalue weighted by Crippen LogP contribution is 2.29. The number of nitrogens with zero attached hydrogens (tertiary/aromatic N) is 5. The van der Waals surface area contributed by atoms with Crippen LogP contribution < -0.4 is 5.43 Å². The number of likely N-dealkylation sites (N-methyl/N-ethyl adjacent to an activating group) is 1. The van der Waals surface area contributed by atoms with Crippen LogP contribution in [0, 0.1) is 0 Å². The van der Waals surface area contributed by atoms with Crippen LogP contribution in [0.1, 0.15) is 23.6 Å². The van der Waals surface area contributed by atoms with Crippen molar-refractivity contribution in [3.05, 3.63) is 107 Å². The first-order valence-electron chi connectivity index (χ1n) is 12.0. The van der Waals surface area contributed by atoms with Gasteiger partial charge in [-0.1, -0.05) is 84.4 Å². The van der Waals surface area contributed by atoms with Crippen molar-refractivity contribution in [2.24, 2.45) is 10.1 Å². The van der Waals surface area contributed by atoms with Crippen molar-refractivity contribution >= 4 is 35.2 Å². The van der Waals surface area contributed by atoms with E-state index in [1.165, 1.54) is 9.80 Å². The van der Waals surface area contributed by atoms with E-state index in [4.69, 9.17) is 16.6 Å². The lowest BCUT2D eigenvalue weighted by Gasteiger charge is -2.41. The van der Waals surface area contributed by atoms with E-state index in [1.54, 1.807) is 19.2 Å². The average molecular weight is 515 g/mol. The molecule has 1 N–H and O–H groups in total. The van der Waals surface area contributed by atoms with E-state index in [-0.39, 0.29) is 18.5 Å². The van der Waals surface area contributed by atoms with Gasteiger partial charge in [0.25, 0.3) is 5.91 Å². The third kappa shape index (κ3) is 5.06. The largest absolute Gasteiger partial charge is 0.328 e. The van der Waals surface area contributed by atoms with Gasteiger partial charge >= 0.3 is 6.03 Å². The van der Waals surface area contributed by atoms with Crippen molar-refractivity contribution in [3.63, 3.8) is 0 Å². The highest BCUT2D eigenvalue weighted by molar-refractivity contribution is 6.30. The highest BCUT2D eigenvalue weighted by atomic mass is 35.5. The number of rotatable bonds is 6. The Morgan fingerprint density at radius 3 is 2.14 bits per heavy atom. The van der Waals surface area contributed by atoms with Gasteiger partial charge in [-0.15, -0.1) is 0 Å². The molecule has 2 atom stereocenters. The summed E-state index contributed by atoms with van der Waals surface area (Å²) in [5.74, 6) is 0.147. The van der Waals surface area contributed by atoms with Crippen molar-refractivity contribution in [1.82, 2.24) is 20.1 Å². The molecular weight excluding hydrogens is 488 g/mol. The molecule has 2 aliphatic heterocycles. The van der Waals surface area contributed by atoms with Crippen LogP contribution >= 0.6 is 11.6 Å². The lowest BCUT2D eigenvalue weighted by Crippen LogP contribution is -2.64. The number of amides is 3. The molecule has 5 rings (SSSR count). The predicted molar refractivity (Wildman–Crippen MR) is 144 cm³/mol. The van der Waals surface area contributed by atoms with Crippen molar-refractivity contribution in [2.75, 3.05) is 7.05 Å². The fraction of sp³-hybridized carbons (Fsp3) is 0.214. The molecule has 2 heterocycles. The minimum Gasteiger partial charge on any atom is -0.321 e. The first-order chi connectivity index (χ1) is 17.9. The molecule has 1 fully saturated rings. The standard InChI is InChI=1S/C28H27ClN6O2/c1-19(22-13-15-23(29)16-14-22)31-32-27-30-25-24(34(27)17-20-9-5-3-6-10-20)26(36)35(28(37)33(25)2)18-21-11-7-4-8-12-21/h3-16,24-25H,17-18H2,1-2H3,(H,30,32)/b31-19+. The molecule has 3 amide bonds. The van der Waals surface area contributed by atoms with E-state index in [9.17, 15) is 9.59 Å². The topological polar surface area (TPSA) is 80.6 Å². The molecule has 2 unspecified atom stereocenters. The molecule has 2 aliphatic rings. The number of imide groups is 1. The van der Waals surface area contributed by atoms with Gasteiger partial charge in [-0.25, -0.2) is 15.2 Å². The van der Waals surface area contributed by atoms with Crippen LogP contribution in [0.4, 0.5) is 4.79 Å². The summed E-state index contributed by atoms with van der Waals surface area (Å²) in [5, 5.41) is 5.18. The van der Waals surface area contributed by atoms with Gasteiger partial charge in [-0.3, -0.25) is 9.69 Å². The molecule has 9 heteroatoms. The number of guanidine groups is 1. The second kappa shape index (κ2) is 10.4. The summed E-state index contributed by atoms with van der Waals surface area (Å²) in [7, 11) is 1.68. The van der Waals surface area contributed by atoms with Crippen LogP contribution in [0.3, 0.4) is 0 Å². The molecule has 0 spiro atoms. The summed E-state index contributed by atoms with van der Waals surface area (Å²) < 4.78 is 0. The Labute approximate surface area is 220 Å². The molecule has 0 saturated carbocycles. The van der Waals surface area contributed by atoms with Crippen molar-refractivity contribution < 1.29 is 9.59 Å². The number of carbonyl (C=O) groups excluding carboxylic acids is 2. The maximum Gasteiger partial charge on any atom is 0.328 e. The minimum absolute atomic E-state index is 0.196. The Morgan fingerprint density at radius 1 is 0.919 bits per heavy atom. The van der Waals surface area contributed by atoms with Crippen LogP contribution in [0.5, 0.6) is 0 Å². The van der Waals surface area contributed by atoms with Crippen molar-refractivity contribution in [2.45, 2.75) is 32.2 Å². The lowest BCUT2D eigenvalue weighted by molar-refractivity contribution is -0.138. The Morgan fingerprint density at radius 2 is 1.51 bits per heavy atom. The summed E-state index contributed by atoms with van der Waals surface area (Å²) in [6.45, 7) is 2.50. The Bertz CT molecular complexity index is 1340. The third-order valence-corrected chi connectivity index (χ3v) is 6.81. The van der Waals surface area contributed by atoms with E-state index in [0.29, 0.717) is 17.5 Å². The first kappa shape index (κ1) is 24.5. The molecule has 3 aromatic rings. The molecule has 8 nitrogen and oxygen atoms in total. The van der Waals surface area contributed by atoms with E-state index >= 15 is 0 Å². The number of benzene rings is 3. The van der Waals surface area contributed by atoms with Gasteiger partial charge in [0, 0.05) is 18.6 Å². The van der Waals surface area contributed by atoms with Gasteiger partial charge in [0.1, 0.15) is 0 Å². The monoisotopic (exact) mass is 514 g/mol. The quantitative estimate of drug-likeness (QED) is 0.392. The molecule has 0 radical (unpaired) electrons. The van der Waals surface area contributed by atoms with Crippen LogP contribution in [-0.2, 0) is 17.9 Å². The number of urea groups is 1. The third-order valence-electron chi connectivity index (χ3n) is 6.56. The maximum atomic E-state index is 13.8. The summed E-state index contributed by atoms with van der Waals surface area (Å²) in [4.78, 5) is 36.5. The van der Waals surface area contributed by atoms with Gasteiger partial charge in [-0.2, -0.15) is 5.10 Å². The lowest BCUT2D eigenvalue weighted by atomic mass is 10.1. The molecule has 1 saturated heterocycles. The number of nitrogens with one attached hydrogen (secondary N) is 1. The number of aliphatic imine (C=N–C) groups is 1. The fourth-order valence-corrected chi connectivity index (χ4v) is 4.65. The number of halogens is 1. The van der Waals surface area contributed by atoms with Gasteiger partial charge in [0.05, 0.1) is 12.3 Å². The average Bonchev–Trinajstić information content (AvgIpc) is 3.28. The van der Waals surface area contributed by atoms with E-state index in [1.807, 2.05) is 84.6 Å². The zero-order valence-corrected chi connectivity index (χ0v) is 21.3. The molecule has 188 valence electrons. The summed E-state index contributed by atoms with van der Waals surface area (Å²) in [6.07, 6.45) is -0.663. The Balaban J connectivity index is 1.45. The minimum atomic E-state index is -0.680.